The Morgan fingerprint density at radius 3 is 2.65 bits per heavy atom. The summed E-state index contributed by atoms with van der Waals surface area (Å²) >= 11 is 0. The third kappa shape index (κ3) is 3.09. The van der Waals surface area contributed by atoms with Gasteiger partial charge in [0, 0.05) is 18.2 Å². The van der Waals surface area contributed by atoms with Gasteiger partial charge in [0.05, 0.1) is 5.56 Å². The summed E-state index contributed by atoms with van der Waals surface area (Å²) < 4.78 is 0. The highest BCUT2D eigenvalue weighted by molar-refractivity contribution is 5.94. The first-order valence-electron chi connectivity index (χ1n) is 5.89. The molecule has 5 heteroatoms. The molecule has 1 aromatic heterocycles. The Balaban J connectivity index is 2.05. The number of carbonyl (C=O) groups is 1. The highest BCUT2D eigenvalue weighted by Crippen LogP contribution is 2.17. The molecule has 1 aliphatic rings. The zero-order valence-electron chi connectivity index (χ0n) is 9.53. The Hall–Kier alpha value is -1.78. The monoisotopic (exact) mass is 236 g/mol. The molecule has 0 spiro atoms. The van der Waals surface area contributed by atoms with Crippen molar-refractivity contribution < 1.29 is 9.90 Å². The van der Waals surface area contributed by atoms with E-state index >= 15 is 0 Å². The first kappa shape index (κ1) is 11.7. The number of amides is 1. The molecule has 1 aromatic rings. The van der Waals surface area contributed by atoms with Gasteiger partial charge in [0.2, 0.25) is 0 Å². The fourth-order valence-corrected chi connectivity index (χ4v) is 2.18. The zero-order valence-corrected chi connectivity index (χ0v) is 9.53. The van der Waals surface area contributed by atoms with Crippen LogP contribution in [0.4, 0.5) is 0 Å². The van der Waals surface area contributed by atoms with Crippen molar-refractivity contribution in [3.63, 3.8) is 0 Å². The van der Waals surface area contributed by atoms with Crippen LogP contribution in [0.3, 0.4) is 0 Å². The molecule has 17 heavy (non-hydrogen) atoms. The van der Waals surface area contributed by atoms with Crippen molar-refractivity contribution in [1.29, 1.82) is 0 Å². The van der Waals surface area contributed by atoms with Gasteiger partial charge in [-0.25, -0.2) is 0 Å². The summed E-state index contributed by atoms with van der Waals surface area (Å²) in [5, 5.41) is 12.1. The topological polar surface area (TPSA) is 82.2 Å². The van der Waals surface area contributed by atoms with Crippen LogP contribution in [-0.4, -0.2) is 22.0 Å². The Morgan fingerprint density at radius 2 is 2.00 bits per heavy atom. The van der Waals surface area contributed by atoms with Crippen LogP contribution in [0.1, 0.15) is 42.5 Å². The van der Waals surface area contributed by atoms with Gasteiger partial charge in [-0.15, -0.1) is 0 Å². The normalized spacial score (nSPS) is 16.7. The van der Waals surface area contributed by atoms with E-state index in [4.69, 9.17) is 0 Å². The van der Waals surface area contributed by atoms with Crippen LogP contribution < -0.4 is 10.9 Å². The van der Waals surface area contributed by atoms with Crippen molar-refractivity contribution in [1.82, 2.24) is 10.3 Å². The van der Waals surface area contributed by atoms with E-state index in [0.717, 1.165) is 25.7 Å². The molecule has 5 nitrogen and oxygen atoms in total. The van der Waals surface area contributed by atoms with Gasteiger partial charge < -0.3 is 10.4 Å². The van der Waals surface area contributed by atoms with E-state index in [0.29, 0.717) is 0 Å². The summed E-state index contributed by atoms with van der Waals surface area (Å²) in [6.45, 7) is 0. The van der Waals surface area contributed by atoms with E-state index in [9.17, 15) is 14.7 Å². The first-order valence-corrected chi connectivity index (χ1v) is 5.89. The van der Waals surface area contributed by atoms with Gasteiger partial charge in [-0.1, -0.05) is 19.3 Å². The summed E-state index contributed by atoms with van der Waals surface area (Å²) in [4.78, 5) is 25.1. The average molecular weight is 236 g/mol. The van der Waals surface area contributed by atoms with Gasteiger partial charge in [0.15, 0.2) is 5.88 Å². The standard InChI is InChI=1S/C12H16N2O3/c15-10-6-8(7-11(16)14-10)12(17)13-9-4-2-1-3-5-9/h6-7,9H,1-5H2,(H,13,17)(H2,14,15,16). The van der Waals surface area contributed by atoms with Gasteiger partial charge >= 0.3 is 0 Å². The van der Waals surface area contributed by atoms with Crippen LogP contribution in [0.15, 0.2) is 16.9 Å². The van der Waals surface area contributed by atoms with Gasteiger partial charge in [-0.2, -0.15) is 0 Å². The molecule has 0 unspecified atom stereocenters. The molecule has 0 saturated heterocycles. The smallest absolute Gasteiger partial charge is 0.251 e. The Labute approximate surface area is 98.9 Å². The number of aromatic nitrogens is 1. The molecule has 92 valence electrons. The lowest BCUT2D eigenvalue weighted by molar-refractivity contribution is 0.0927. The molecular formula is C12H16N2O3. The predicted octanol–water partition coefficient (Wildman–Crippen LogP) is 1.14. The van der Waals surface area contributed by atoms with E-state index in [1.807, 2.05) is 0 Å². The summed E-state index contributed by atoms with van der Waals surface area (Å²) in [6, 6.07) is 2.65. The highest BCUT2D eigenvalue weighted by atomic mass is 16.3. The number of pyridine rings is 1. The lowest BCUT2D eigenvalue weighted by atomic mass is 9.95. The van der Waals surface area contributed by atoms with Crippen molar-refractivity contribution >= 4 is 5.91 Å². The van der Waals surface area contributed by atoms with Crippen molar-refractivity contribution in [2.75, 3.05) is 0 Å². The van der Waals surface area contributed by atoms with Gasteiger partial charge in [0.25, 0.3) is 11.5 Å². The lowest BCUT2D eigenvalue weighted by Gasteiger charge is -2.22. The summed E-state index contributed by atoms with van der Waals surface area (Å²) in [7, 11) is 0. The lowest BCUT2D eigenvalue weighted by Crippen LogP contribution is -2.36. The molecule has 0 atom stereocenters. The number of aromatic hydroxyl groups is 1. The molecule has 1 amide bonds. The number of hydrogen-bond donors (Lipinski definition) is 3. The summed E-state index contributed by atoms with van der Waals surface area (Å²) in [6.07, 6.45) is 5.46. The minimum Gasteiger partial charge on any atom is -0.494 e. The van der Waals surface area contributed by atoms with E-state index in [2.05, 4.69) is 10.3 Å². The van der Waals surface area contributed by atoms with E-state index < -0.39 is 5.56 Å². The molecule has 3 N–H and O–H groups in total. The minimum atomic E-state index is -0.473. The van der Waals surface area contributed by atoms with Crippen molar-refractivity contribution in [2.24, 2.45) is 0 Å². The fourth-order valence-electron chi connectivity index (χ4n) is 2.18. The Bertz CT molecular complexity index is 461. The summed E-state index contributed by atoms with van der Waals surface area (Å²) in [5.74, 6) is -0.579. The van der Waals surface area contributed by atoms with Gasteiger partial charge in [-0.05, 0) is 12.8 Å². The maximum atomic E-state index is 11.8. The molecule has 1 heterocycles. The molecule has 2 rings (SSSR count). The van der Waals surface area contributed by atoms with Crippen molar-refractivity contribution in [2.45, 2.75) is 38.1 Å². The quantitative estimate of drug-likeness (QED) is 0.720. The number of hydrogen-bond acceptors (Lipinski definition) is 3. The Kier molecular flexibility index (Phi) is 3.46. The number of carbonyl (C=O) groups excluding carboxylic acids is 1. The number of aromatic amines is 1. The maximum Gasteiger partial charge on any atom is 0.251 e. The van der Waals surface area contributed by atoms with Crippen LogP contribution in [0.25, 0.3) is 0 Å². The molecule has 1 aliphatic carbocycles. The minimum absolute atomic E-state index is 0.192. The van der Waals surface area contributed by atoms with Gasteiger partial charge in [-0.3, -0.25) is 14.6 Å². The predicted molar refractivity (Wildman–Crippen MR) is 63.1 cm³/mol. The third-order valence-electron chi connectivity index (χ3n) is 3.03. The second-order valence-electron chi connectivity index (χ2n) is 4.43. The highest BCUT2D eigenvalue weighted by Gasteiger charge is 2.17. The van der Waals surface area contributed by atoms with Gasteiger partial charge in [0.1, 0.15) is 0 Å². The van der Waals surface area contributed by atoms with Crippen LogP contribution >= 0.6 is 0 Å². The van der Waals surface area contributed by atoms with Crippen molar-refractivity contribution in [3.05, 3.63) is 28.0 Å². The van der Waals surface area contributed by atoms with Crippen LogP contribution in [0.5, 0.6) is 5.88 Å². The molecule has 0 aliphatic heterocycles. The second kappa shape index (κ2) is 5.03. The maximum absolute atomic E-state index is 11.8. The fraction of sp³-hybridized carbons (Fsp3) is 0.500. The zero-order chi connectivity index (χ0) is 12.3. The molecule has 1 saturated carbocycles. The van der Waals surface area contributed by atoms with Crippen LogP contribution in [0, 0.1) is 0 Å². The van der Waals surface area contributed by atoms with E-state index in [1.165, 1.54) is 18.6 Å². The van der Waals surface area contributed by atoms with Crippen molar-refractivity contribution in [3.8, 4) is 5.88 Å². The van der Waals surface area contributed by atoms with Crippen LogP contribution in [-0.2, 0) is 0 Å². The molecule has 1 fully saturated rings. The number of rotatable bonds is 2. The second-order valence-corrected chi connectivity index (χ2v) is 4.43. The van der Waals surface area contributed by atoms with E-state index in [1.54, 1.807) is 0 Å². The van der Waals surface area contributed by atoms with Crippen LogP contribution in [0.2, 0.25) is 0 Å². The molecule has 0 radical (unpaired) electrons. The number of nitrogens with one attached hydrogen (secondary N) is 2. The largest absolute Gasteiger partial charge is 0.494 e. The molecular weight excluding hydrogens is 220 g/mol. The Morgan fingerprint density at radius 1 is 1.29 bits per heavy atom. The first-order chi connectivity index (χ1) is 8.15. The molecule has 0 aromatic carbocycles. The van der Waals surface area contributed by atoms with E-state index in [-0.39, 0.29) is 23.4 Å². The summed E-state index contributed by atoms with van der Waals surface area (Å²) in [5.41, 5.74) is -0.268. The number of H-pyrrole nitrogens is 1. The molecule has 0 bridgehead atoms. The SMILES string of the molecule is O=C(NC1CCCCC1)c1cc(O)[nH]c(=O)c1. The average Bonchev–Trinajstić information content (AvgIpc) is 2.29. The third-order valence-corrected chi connectivity index (χ3v) is 3.03.